The van der Waals surface area contributed by atoms with E-state index in [9.17, 15) is 14.0 Å². The lowest BCUT2D eigenvalue weighted by Gasteiger charge is -2.36. The van der Waals surface area contributed by atoms with Gasteiger partial charge in [0.05, 0.1) is 12.5 Å². The van der Waals surface area contributed by atoms with Crippen LogP contribution in [0.15, 0.2) is 48.5 Å². The first-order valence-corrected chi connectivity index (χ1v) is 8.41. The summed E-state index contributed by atoms with van der Waals surface area (Å²) in [4.78, 5) is 26.1. The van der Waals surface area contributed by atoms with Crippen LogP contribution in [0, 0.1) is 5.82 Å². The Balaban J connectivity index is 1.70. The minimum atomic E-state index is -0.323. The zero-order valence-corrected chi connectivity index (χ0v) is 14.2. The summed E-state index contributed by atoms with van der Waals surface area (Å²) in [5, 5.41) is 2.82. The molecule has 0 saturated carbocycles. The summed E-state index contributed by atoms with van der Waals surface area (Å²) < 4.78 is 13.2. The number of rotatable bonds is 4. The van der Waals surface area contributed by atoms with E-state index in [1.807, 2.05) is 24.3 Å². The van der Waals surface area contributed by atoms with Crippen LogP contribution in [0.3, 0.4) is 0 Å². The maximum Gasteiger partial charge on any atom is 0.222 e. The van der Waals surface area contributed by atoms with Gasteiger partial charge in [-0.25, -0.2) is 4.39 Å². The summed E-state index contributed by atoms with van der Waals surface area (Å²) in [6, 6.07) is 13.8. The largest absolute Gasteiger partial charge is 0.352 e. The van der Waals surface area contributed by atoms with Crippen LogP contribution in [0.1, 0.15) is 36.1 Å². The number of benzene rings is 2. The quantitative estimate of drug-likeness (QED) is 0.930. The van der Waals surface area contributed by atoms with Crippen LogP contribution in [0.2, 0.25) is 0 Å². The lowest BCUT2D eigenvalue weighted by molar-refractivity contribution is -0.133. The average molecular weight is 340 g/mol. The minimum Gasteiger partial charge on any atom is -0.352 e. The summed E-state index contributed by atoms with van der Waals surface area (Å²) in [5.41, 5.74) is 2.92. The van der Waals surface area contributed by atoms with Gasteiger partial charge in [0.1, 0.15) is 5.82 Å². The second kappa shape index (κ2) is 7.47. The lowest BCUT2D eigenvalue weighted by atomic mass is 9.90. The number of fused-ring (bicyclic) bond motifs is 1. The Hall–Kier alpha value is -2.69. The maximum absolute atomic E-state index is 13.2. The molecule has 1 atom stereocenters. The Morgan fingerprint density at radius 3 is 2.76 bits per heavy atom. The fourth-order valence-electron chi connectivity index (χ4n) is 3.34. The second-order valence-corrected chi connectivity index (χ2v) is 6.29. The van der Waals surface area contributed by atoms with Crippen LogP contribution in [0.25, 0.3) is 0 Å². The fourth-order valence-corrected chi connectivity index (χ4v) is 3.34. The molecule has 3 rings (SSSR count). The van der Waals surface area contributed by atoms with Crippen molar-refractivity contribution < 1.29 is 14.0 Å². The third-order valence-corrected chi connectivity index (χ3v) is 4.57. The Morgan fingerprint density at radius 1 is 1.20 bits per heavy atom. The van der Waals surface area contributed by atoms with Crippen molar-refractivity contribution in [3.05, 3.63) is 71.0 Å². The topological polar surface area (TPSA) is 49.4 Å². The third-order valence-electron chi connectivity index (χ3n) is 4.57. The lowest BCUT2D eigenvalue weighted by Crippen LogP contribution is -2.41. The molecule has 1 aliphatic rings. The zero-order valence-electron chi connectivity index (χ0n) is 14.2. The first-order valence-electron chi connectivity index (χ1n) is 8.41. The van der Waals surface area contributed by atoms with E-state index in [1.54, 1.807) is 17.0 Å². The Labute approximate surface area is 146 Å². The van der Waals surface area contributed by atoms with Crippen LogP contribution in [-0.2, 0) is 22.6 Å². The number of amides is 2. The molecule has 1 unspecified atom stereocenters. The molecule has 5 heteroatoms. The first kappa shape index (κ1) is 17.1. The van der Waals surface area contributed by atoms with Gasteiger partial charge in [-0.15, -0.1) is 0 Å². The molecule has 0 bridgehead atoms. The van der Waals surface area contributed by atoms with Gasteiger partial charge in [-0.2, -0.15) is 0 Å². The number of carbonyl (C=O) groups excluding carboxylic acids is 2. The van der Waals surface area contributed by atoms with Crippen molar-refractivity contribution in [3.8, 4) is 0 Å². The van der Waals surface area contributed by atoms with Crippen molar-refractivity contribution in [2.45, 2.75) is 32.4 Å². The molecule has 4 nitrogen and oxygen atoms in total. The maximum atomic E-state index is 13.2. The highest BCUT2D eigenvalue weighted by atomic mass is 19.1. The van der Waals surface area contributed by atoms with E-state index in [0.29, 0.717) is 12.1 Å². The molecule has 0 aromatic heterocycles. The van der Waals surface area contributed by atoms with E-state index < -0.39 is 0 Å². The predicted molar refractivity (Wildman–Crippen MR) is 93.1 cm³/mol. The summed E-state index contributed by atoms with van der Waals surface area (Å²) in [6.45, 7) is 2.42. The molecule has 2 amide bonds. The molecule has 0 fully saturated rings. The van der Waals surface area contributed by atoms with Gasteiger partial charge >= 0.3 is 0 Å². The van der Waals surface area contributed by atoms with E-state index in [1.165, 1.54) is 24.6 Å². The zero-order chi connectivity index (χ0) is 17.8. The number of nitrogens with one attached hydrogen (secondary N) is 1. The fraction of sp³-hybridized carbons (Fsp3) is 0.300. The molecule has 1 N–H and O–H groups in total. The van der Waals surface area contributed by atoms with E-state index in [2.05, 4.69) is 5.32 Å². The van der Waals surface area contributed by atoms with Crippen LogP contribution in [0.5, 0.6) is 0 Å². The monoisotopic (exact) mass is 340 g/mol. The summed E-state index contributed by atoms with van der Waals surface area (Å²) >= 11 is 0. The van der Waals surface area contributed by atoms with Gasteiger partial charge in [0, 0.05) is 20.0 Å². The van der Waals surface area contributed by atoms with Gasteiger partial charge < -0.3 is 10.2 Å². The molecule has 25 heavy (non-hydrogen) atoms. The first-order chi connectivity index (χ1) is 12.0. The molecule has 130 valence electrons. The normalized spacial score (nSPS) is 16.2. The second-order valence-electron chi connectivity index (χ2n) is 6.29. The van der Waals surface area contributed by atoms with Gasteiger partial charge in [0.2, 0.25) is 11.8 Å². The molecular formula is C20H21FN2O2. The van der Waals surface area contributed by atoms with Crippen LogP contribution in [-0.4, -0.2) is 23.3 Å². The van der Waals surface area contributed by atoms with Crippen LogP contribution < -0.4 is 5.32 Å². The standard InChI is InChI=1S/C20H21FN2O2/c1-14(24)23-10-9-16-6-2-3-8-18(16)19(23)12-20(25)22-13-15-5-4-7-17(21)11-15/h2-8,11,19H,9-10,12-13H2,1H3,(H,22,25). The summed E-state index contributed by atoms with van der Waals surface area (Å²) in [6.07, 6.45) is 1.00. The van der Waals surface area contributed by atoms with Crippen molar-refractivity contribution in [2.24, 2.45) is 0 Å². The highest BCUT2D eigenvalue weighted by Gasteiger charge is 2.30. The van der Waals surface area contributed by atoms with E-state index in [-0.39, 0.29) is 36.6 Å². The third kappa shape index (κ3) is 4.05. The number of nitrogens with zero attached hydrogens (tertiary/aromatic N) is 1. The van der Waals surface area contributed by atoms with Crippen LogP contribution in [0.4, 0.5) is 4.39 Å². The van der Waals surface area contributed by atoms with E-state index in [4.69, 9.17) is 0 Å². The number of hydrogen-bond donors (Lipinski definition) is 1. The van der Waals surface area contributed by atoms with Crippen molar-refractivity contribution >= 4 is 11.8 Å². The van der Waals surface area contributed by atoms with E-state index in [0.717, 1.165) is 12.0 Å². The van der Waals surface area contributed by atoms with Crippen LogP contribution >= 0.6 is 0 Å². The van der Waals surface area contributed by atoms with Gasteiger partial charge in [0.15, 0.2) is 0 Å². The average Bonchev–Trinajstić information content (AvgIpc) is 2.60. The molecule has 1 heterocycles. The Morgan fingerprint density at radius 2 is 2.00 bits per heavy atom. The van der Waals surface area contributed by atoms with Gasteiger partial charge in [-0.1, -0.05) is 36.4 Å². The summed E-state index contributed by atoms with van der Waals surface area (Å²) in [7, 11) is 0. The molecular weight excluding hydrogens is 319 g/mol. The number of hydrogen-bond acceptors (Lipinski definition) is 2. The van der Waals surface area contributed by atoms with E-state index >= 15 is 0 Å². The van der Waals surface area contributed by atoms with Gasteiger partial charge in [0.25, 0.3) is 0 Å². The molecule has 0 aliphatic carbocycles. The smallest absolute Gasteiger partial charge is 0.222 e. The number of halogens is 1. The Bertz CT molecular complexity index is 791. The van der Waals surface area contributed by atoms with Gasteiger partial charge in [-0.05, 0) is 35.2 Å². The number of carbonyl (C=O) groups is 2. The summed E-state index contributed by atoms with van der Waals surface area (Å²) in [5.74, 6) is -0.509. The molecule has 0 saturated heterocycles. The Kier molecular flexibility index (Phi) is 5.12. The molecule has 0 radical (unpaired) electrons. The highest BCUT2D eigenvalue weighted by molar-refractivity contribution is 5.79. The molecule has 2 aromatic carbocycles. The molecule has 2 aromatic rings. The van der Waals surface area contributed by atoms with Crippen molar-refractivity contribution in [1.82, 2.24) is 10.2 Å². The molecule has 1 aliphatic heterocycles. The van der Waals surface area contributed by atoms with Crippen molar-refractivity contribution in [1.29, 1.82) is 0 Å². The highest BCUT2D eigenvalue weighted by Crippen LogP contribution is 2.32. The molecule has 0 spiro atoms. The predicted octanol–water partition coefficient (Wildman–Crippen LogP) is 2.98. The van der Waals surface area contributed by atoms with Crippen molar-refractivity contribution in [2.75, 3.05) is 6.54 Å². The van der Waals surface area contributed by atoms with Crippen molar-refractivity contribution in [3.63, 3.8) is 0 Å². The van der Waals surface area contributed by atoms with Gasteiger partial charge in [-0.3, -0.25) is 9.59 Å². The SMILES string of the molecule is CC(=O)N1CCc2ccccc2C1CC(=O)NCc1cccc(F)c1. The minimum absolute atomic E-state index is 0.0302.